The first-order chi connectivity index (χ1) is 7.36. The lowest BCUT2D eigenvalue weighted by Gasteiger charge is -2.18. The number of benzene rings is 1. The first kappa shape index (κ1) is 11.8. The van der Waals surface area contributed by atoms with E-state index in [0.29, 0.717) is 6.61 Å². The fraction of sp³-hybridized carbons (Fsp3) is 0.385. The average Bonchev–Trinajstić information content (AvgIpc) is 2.28. The molecule has 0 amide bonds. The van der Waals surface area contributed by atoms with E-state index in [0.717, 1.165) is 18.6 Å². The van der Waals surface area contributed by atoms with Gasteiger partial charge in [0.1, 0.15) is 5.75 Å². The highest BCUT2D eigenvalue weighted by Crippen LogP contribution is 2.14. The van der Waals surface area contributed by atoms with Crippen LogP contribution in [-0.2, 0) is 4.74 Å². The van der Waals surface area contributed by atoms with Crippen molar-refractivity contribution in [1.29, 1.82) is 0 Å². The molecule has 0 N–H and O–H groups in total. The molecule has 0 aliphatic carbocycles. The third-order valence-corrected chi connectivity index (χ3v) is 1.94. The van der Waals surface area contributed by atoms with Gasteiger partial charge >= 0.3 is 0 Å². The summed E-state index contributed by atoms with van der Waals surface area (Å²) in [7, 11) is 0. The van der Waals surface area contributed by atoms with Gasteiger partial charge in [0.05, 0.1) is 6.61 Å². The quantitative estimate of drug-likeness (QED) is 0.503. The third kappa shape index (κ3) is 4.66. The summed E-state index contributed by atoms with van der Waals surface area (Å²) in [5, 5.41) is 0. The van der Waals surface area contributed by atoms with Crippen LogP contribution >= 0.6 is 0 Å². The zero-order valence-corrected chi connectivity index (χ0v) is 9.19. The van der Waals surface area contributed by atoms with Gasteiger partial charge in [-0.1, -0.05) is 37.6 Å². The van der Waals surface area contributed by atoms with E-state index in [1.54, 1.807) is 6.08 Å². The van der Waals surface area contributed by atoms with Crippen molar-refractivity contribution in [3.63, 3.8) is 0 Å². The second kappa shape index (κ2) is 7.07. The highest BCUT2D eigenvalue weighted by Gasteiger charge is 2.08. The van der Waals surface area contributed by atoms with E-state index in [2.05, 4.69) is 13.5 Å². The van der Waals surface area contributed by atoms with Crippen molar-refractivity contribution >= 4 is 0 Å². The number of hydrogen-bond acceptors (Lipinski definition) is 2. The molecule has 0 fully saturated rings. The van der Waals surface area contributed by atoms with Gasteiger partial charge in [-0.15, -0.1) is 6.58 Å². The summed E-state index contributed by atoms with van der Waals surface area (Å²) in [6, 6.07) is 9.73. The first-order valence-electron chi connectivity index (χ1n) is 5.31. The lowest BCUT2D eigenvalue weighted by atomic mass is 10.3. The molecule has 15 heavy (non-hydrogen) atoms. The summed E-state index contributed by atoms with van der Waals surface area (Å²) >= 11 is 0. The minimum Gasteiger partial charge on any atom is -0.465 e. The summed E-state index contributed by atoms with van der Waals surface area (Å²) in [6.45, 7) is 6.25. The maximum Gasteiger partial charge on any atom is 0.200 e. The molecule has 1 unspecified atom stereocenters. The van der Waals surface area contributed by atoms with Gasteiger partial charge < -0.3 is 9.47 Å². The largest absolute Gasteiger partial charge is 0.465 e. The van der Waals surface area contributed by atoms with Crippen molar-refractivity contribution in [2.75, 3.05) is 6.61 Å². The maximum atomic E-state index is 5.69. The fourth-order valence-electron chi connectivity index (χ4n) is 1.24. The van der Waals surface area contributed by atoms with Gasteiger partial charge in [-0.3, -0.25) is 0 Å². The first-order valence-corrected chi connectivity index (χ1v) is 5.31. The normalized spacial score (nSPS) is 12.1. The lowest BCUT2D eigenvalue weighted by Crippen LogP contribution is -2.20. The van der Waals surface area contributed by atoms with E-state index >= 15 is 0 Å². The highest BCUT2D eigenvalue weighted by molar-refractivity contribution is 5.20. The van der Waals surface area contributed by atoms with Crippen molar-refractivity contribution in [2.45, 2.75) is 26.1 Å². The van der Waals surface area contributed by atoms with Crippen LogP contribution in [0.1, 0.15) is 19.8 Å². The van der Waals surface area contributed by atoms with Crippen LogP contribution in [0.15, 0.2) is 43.0 Å². The highest BCUT2D eigenvalue weighted by atomic mass is 16.7. The van der Waals surface area contributed by atoms with E-state index in [4.69, 9.17) is 9.47 Å². The Morgan fingerprint density at radius 3 is 2.67 bits per heavy atom. The molecule has 1 aromatic rings. The lowest BCUT2D eigenvalue weighted by molar-refractivity contribution is -0.0738. The molecule has 1 atom stereocenters. The van der Waals surface area contributed by atoms with Gasteiger partial charge in [-0.25, -0.2) is 0 Å². The molecular formula is C13H18O2. The Balaban J connectivity index is 2.46. The Morgan fingerprint density at radius 2 is 2.07 bits per heavy atom. The van der Waals surface area contributed by atoms with Crippen LogP contribution in [0.3, 0.4) is 0 Å². The van der Waals surface area contributed by atoms with Crippen LogP contribution < -0.4 is 4.74 Å². The molecule has 1 aromatic carbocycles. The molecule has 0 saturated heterocycles. The van der Waals surface area contributed by atoms with Gasteiger partial charge in [0.2, 0.25) is 0 Å². The summed E-state index contributed by atoms with van der Waals surface area (Å²) in [5.74, 6) is 0.847. The smallest absolute Gasteiger partial charge is 0.200 e. The van der Waals surface area contributed by atoms with Gasteiger partial charge in [0, 0.05) is 6.42 Å². The molecule has 0 aliphatic rings. The number of hydrogen-bond donors (Lipinski definition) is 0. The van der Waals surface area contributed by atoms with Gasteiger partial charge in [0.15, 0.2) is 6.29 Å². The predicted octanol–water partition coefficient (Wildman–Crippen LogP) is 3.39. The molecule has 82 valence electrons. The Kier molecular flexibility index (Phi) is 5.56. The molecule has 2 nitrogen and oxygen atoms in total. The third-order valence-electron chi connectivity index (χ3n) is 1.94. The van der Waals surface area contributed by atoms with Crippen molar-refractivity contribution in [2.24, 2.45) is 0 Å². The molecule has 2 heteroatoms. The molecule has 0 aromatic heterocycles. The molecule has 0 saturated carbocycles. The summed E-state index contributed by atoms with van der Waals surface area (Å²) in [4.78, 5) is 0. The molecule has 0 radical (unpaired) electrons. The Bertz CT molecular complexity index is 269. The van der Waals surface area contributed by atoms with Gasteiger partial charge in [-0.2, -0.15) is 0 Å². The Labute approximate surface area is 91.5 Å². The molecule has 0 aliphatic heterocycles. The maximum absolute atomic E-state index is 5.69. The Hall–Kier alpha value is -1.28. The predicted molar refractivity (Wildman–Crippen MR) is 61.9 cm³/mol. The number of para-hydroxylation sites is 1. The zero-order valence-electron chi connectivity index (χ0n) is 9.19. The average molecular weight is 206 g/mol. The van der Waals surface area contributed by atoms with Crippen molar-refractivity contribution in [3.8, 4) is 5.75 Å². The summed E-state index contributed by atoms with van der Waals surface area (Å²) in [6.07, 6.45) is 3.49. The molecule has 0 bridgehead atoms. The number of ether oxygens (including phenoxy) is 2. The van der Waals surface area contributed by atoms with Crippen LogP contribution in [0.25, 0.3) is 0 Å². The minimum absolute atomic E-state index is 0.171. The zero-order chi connectivity index (χ0) is 10.9. The fourth-order valence-corrected chi connectivity index (χ4v) is 1.24. The topological polar surface area (TPSA) is 18.5 Å². The SMILES string of the molecule is C=CCOC(CCC)Oc1ccccc1. The van der Waals surface area contributed by atoms with E-state index in [-0.39, 0.29) is 6.29 Å². The van der Waals surface area contributed by atoms with Crippen LogP contribution in [0.4, 0.5) is 0 Å². The summed E-state index contributed by atoms with van der Waals surface area (Å²) < 4.78 is 11.2. The molecule has 0 heterocycles. The van der Waals surface area contributed by atoms with Gasteiger partial charge in [-0.05, 0) is 12.1 Å². The standard InChI is InChI=1S/C13H18O2/c1-3-8-13(14-11-4-2)15-12-9-6-5-7-10-12/h4-7,9-10,13H,2-3,8,11H2,1H3. The van der Waals surface area contributed by atoms with Crippen LogP contribution in [0.2, 0.25) is 0 Å². The van der Waals surface area contributed by atoms with Crippen LogP contribution in [-0.4, -0.2) is 12.9 Å². The molecule has 1 rings (SSSR count). The van der Waals surface area contributed by atoms with Crippen molar-refractivity contribution in [3.05, 3.63) is 43.0 Å². The van der Waals surface area contributed by atoms with E-state index in [1.165, 1.54) is 0 Å². The summed E-state index contributed by atoms with van der Waals surface area (Å²) in [5.41, 5.74) is 0. The van der Waals surface area contributed by atoms with Crippen LogP contribution in [0.5, 0.6) is 5.75 Å². The minimum atomic E-state index is -0.171. The Morgan fingerprint density at radius 1 is 1.33 bits per heavy atom. The number of rotatable bonds is 7. The van der Waals surface area contributed by atoms with Crippen molar-refractivity contribution < 1.29 is 9.47 Å². The second-order valence-electron chi connectivity index (χ2n) is 3.27. The van der Waals surface area contributed by atoms with Gasteiger partial charge in [0.25, 0.3) is 0 Å². The molecule has 0 spiro atoms. The monoisotopic (exact) mass is 206 g/mol. The second-order valence-corrected chi connectivity index (χ2v) is 3.27. The van der Waals surface area contributed by atoms with E-state index in [9.17, 15) is 0 Å². The van der Waals surface area contributed by atoms with E-state index in [1.807, 2.05) is 30.3 Å². The van der Waals surface area contributed by atoms with E-state index < -0.39 is 0 Å². The molecular weight excluding hydrogens is 188 g/mol. The van der Waals surface area contributed by atoms with Crippen LogP contribution in [0, 0.1) is 0 Å². The van der Waals surface area contributed by atoms with Crippen molar-refractivity contribution in [1.82, 2.24) is 0 Å².